The minimum atomic E-state index is -0.737. The Kier molecular flexibility index (Phi) is 5.58. The standard InChI is InChI=1S/C16H11N5O5/c17-9-11(10-18-13-2-1-3-15(8-13)21(25)26)16(22)19-12-4-6-14(7-5-12)20(23)24/h1-8,10,18H,(H,19,22)/b11-10-. The van der Waals surface area contributed by atoms with Crippen LogP contribution in [-0.2, 0) is 4.79 Å². The second-order valence-corrected chi connectivity index (χ2v) is 4.88. The number of hydrogen-bond donors (Lipinski definition) is 2. The molecule has 10 nitrogen and oxygen atoms in total. The predicted octanol–water partition coefficient (Wildman–Crippen LogP) is 2.96. The van der Waals surface area contributed by atoms with E-state index in [4.69, 9.17) is 5.26 Å². The molecule has 2 aromatic carbocycles. The van der Waals surface area contributed by atoms with Crippen LogP contribution in [0.5, 0.6) is 0 Å². The van der Waals surface area contributed by atoms with Gasteiger partial charge in [-0.3, -0.25) is 25.0 Å². The van der Waals surface area contributed by atoms with Gasteiger partial charge in [0, 0.05) is 41.8 Å². The lowest BCUT2D eigenvalue weighted by atomic mass is 10.2. The molecule has 0 saturated carbocycles. The Hall–Kier alpha value is -4.26. The predicted molar refractivity (Wildman–Crippen MR) is 92.1 cm³/mol. The molecule has 0 bridgehead atoms. The van der Waals surface area contributed by atoms with Crippen LogP contribution in [0.2, 0.25) is 0 Å². The highest BCUT2D eigenvalue weighted by Gasteiger charge is 2.11. The molecule has 0 saturated heterocycles. The number of hydrogen-bond acceptors (Lipinski definition) is 7. The van der Waals surface area contributed by atoms with Gasteiger partial charge in [0.1, 0.15) is 11.6 Å². The van der Waals surface area contributed by atoms with Crippen LogP contribution in [0.3, 0.4) is 0 Å². The summed E-state index contributed by atoms with van der Waals surface area (Å²) >= 11 is 0. The normalized spacial score (nSPS) is 10.5. The van der Waals surface area contributed by atoms with Gasteiger partial charge >= 0.3 is 0 Å². The van der Waals surface area contributed by atoms with Crippen molar-refractivity contribution in [3.05, 3.63) is 80.5 Å². The third-order valence-electron chi connectivity index (χ3n) is 3.14. The summed E-state index contributed by atoms with van der Waals surface area (Å²) in [5, 5.41) is 35.5. The van der Waals surface area contributed by atoms with Crippen molar-refractivity contribution in [2.24, 2.45) is 0 Å². The van der Waals surface area contributed by atoms with Gasteiger partial charge in [-0.15, -0.1) is 0 Å². The number of nitrogens with one attached hydrogen (secondary N) is 2. The van der Waals surface area contributed by atoms with Gasteiger partial charge in [0.15, 0.2) is 0 Å². The lowest BCUT2D eigenvalue weighted by Crippen LogP contribution is -2.14. The Morgan fingerprint density at radius 2 is 1.65 bits per heavy atom. The highest BCUT2D eigenvalue weighted by Crippen LogP contribution is 2.18. The zero-order chi connectivity index (χ0) is 19.1. The summed E-state index contributed by atoms with van der Waals surface area (Å²) < 4.78 is 0. The van der Waals surface area contributed by atoms with E-state index < -0.39 is 15.8 Å². The monoisotopic (exact) mass is 353 g/mol. The molecule has 0 aliphatic heterocycles. The first-order valence-corrected chi connectivity index (χ1v) is 7.08. The van der Waals surface area contributed by atoms with E-state index in [1.54, 1.807) is 6.07 Å². The van der Waals surface area contributed by atoms with Crippen molar-refractivity contribution in [2.75, 3.05) is 10.6 Å². The van der Waals surface area contributed by atoms with Gasteiger partial charge in [0.05, 0.1) is 9.85 Å². The van der Waals surface area contributed by atoms with Crippen molar-refractivity contribution in [3.8, 4) is 6.07 Å². The fourth-order valence-corrected chi connectivity index (χ4v) is 1.88. The number of non-ortho nitro benzene ring substituents is 2. The molecular formula is C16H11N5O5. The van der Waals surface area contributed by atoms with Gasteiger partial charge < -0.3 is 10.6 Å². The molecule has 0 atom stereocenters. The minimum Gasteiger partial charge on any atom is -0.360 e. The van der Waals surface area contributed by atoms with Gasteiger partial charge in [-0.25, -0.2) is 0 Å². The first-order chi connectivity index (χ1) is 12.4. The number of benzene rings is 2. The minimum absolute atomic E-state index is 0.133. The van der Waals surface area contributed by atoms with Crippen LogP contribution in [0.4, 0.5) is 22.7 Å². The van der Waals surface area contributed by atoms with Gasteiger partial charge in [0.25, 0.3) is 17.3 Å². The number of carbonyl (C=O) groups is 1. The van der Waals surface area contributed by atoms with Crippen LogP contribution in [0.15, 0.2) is 60.3 Å². The highest BCUT2D eigenvalue weighted by atomic mass is 16.6. The lowest BCUT2D eigenvalue weighted by Gasteiger charge is -2.05. The van der Waals surface area contributed by atoms with Crippen molar-refractivity contribution in [2.45, 2.75) is 0 Å². The van der Waals surface area contributed by atoms with E-state index in [-0.39, 0.29) is 22.6 Å². The van der Waals surface area contributed by atoms with E-state index >= 15 is 0 Å². The molecule has 0 spiro atoms. The maximum Gasteiger partial charge on any atom is 0.271 e. The average Bonchev–Trinajstić information content (AvgIpc) is 2.63. The second kappa shape index (κ2) is 8.02. The number of anilines is 2. The molecule has 0 unspecified atom stereocenters. The Labute approximate surface area is 146 Å². The quantitative estimate of drug-likeness (QED) is 0.350. The summed E-state index contributed by atoms with van der Waals surface area (Å²) in [4.78, 5) is 32.3. The van der Waals surface area contributed by atoms with E-state index in [0.717, 1.165) is 6.20 Å². The largest absolute Gasteiger partial charge is 0.360 e. The van der Waals surface area contributed by atoms with E-state index in [2.05, 4.69) is 10.6 Å². The molecule has 26 heavy (non-hydrogen) atoms. The summed E-state index contributed by atoms with van der Waals surface area (Å²) in [6, 6.07) is 12.3. The average molecular weight is 353 g/mol. The summed E-state index contributed by atoms with van der Waals surface area (Å²) in [6.45, 7) is 0. The molecule has 0 aliphatic carbocycles. The zero-order valence-corrected chi connectivity index (χ0v) is 13.1. The SMILES string of the molecule is N#C/C(=C/Nc1cccc([N+](=O)[O-])c1)C(=O)Nc1ccc([N+](=O)[O-])cc1. The molecular weight excluding hydrogens is 342 g/mol. The summed E-state index contributed by atoms with van der Waals surface area (Å²) in [5.41, 5.74) is 0.0469. The lowest BCUT2D eigenvalue weighted by molar-refractivity contribution is -0.385. The Balaban J connectivity index is 2.09. The Bertz CT molecular complexity index is 931. The van der Waals surface area contributed by atoms with Crippen LogP contribution in [-0.4, -0.2) is 15.8 Å². The molecule has 0 aromatic heterocycles. The molecule has 0 radical (unpaired) electrons. The fraction of sp³-hybridized carbons (Fsp3) is 0. The third kappa shape index (κ3) is 4.62. The molecule has 2 N–H and O–H groups in total. The Morgan fingerprint density at radius 1 is 1.00 bits per heavy atom. The molecule has 130 valence electrons. The van der Waals surface area contributed by atoms with Crippen LogP contribution < -0.4 is 10.6 Å². The van der Waals surface area contributed by atoms with Gasteiger partial charge in [-0.05, 0) is 18.2 Å². The topological polar surface area (TPSA) is 151 Å². The number of rotatable bonds is 6. The molecule has 2 rings (SSSR count). The maximum absolute atomic E-state index is 12.1. The van der Waals surface area contributed by atoms with Crippen molar-refractivity contribution >= 4 is 28.7 Å². The first-order valence-electron chi connectivity index (χ1n) is 7.08. The van der Waals surface area contributed by atoms with Crippen LogP contribution in [0.25, 0.3) is 0 Å². The van der Waals surface area contributed by atoms with E-state index in [0.29, 0.717) is 5.69 Å². The zero-order valence-electron chi connectivity index (χ0n) is 13.1. The maximum atomic E-state index is 12.1. The van der Waals surface area contributed by atoms with Crippen molar-refractivity contribution in [1.29, 1.82) is 5.26 Å². The molecule has 2 aromatic rings. The third-order valence-corrected chi connectivity index (χ3v) is 3.14. The highest BCUT2D eigenvalue weighted by molar-refractivity contribution is 6.06. The van der Waals surface area contributed by atoms with E-state index in [9.17, 15) is 25.0 Å². The molecule has 10 heteroatoms. The van der Waals surface area contributed by atoms with Crippen LogP contribution >= 0.6 is 0 Å². The molecule has 0 aliphatic rings. The second-order valence-electron chi connectivity index (χ2n) is 4.88. The molecule has 1 amide bonds. The molecule has 0 fully saturated rings. The fourth-order valence-electron chi connectivity index (χ4n) is 1.88. The number of nitrogens with zero attached hydrogens (tertiary/aromatic N) is 3. The summed E-state index contributed by atoms with van der Waals surface area (Å²) in [5.74, 6) is -0.737. The Morgan fingerprint density at radius 3 is 2.23 bits per heavy atom. The first kappa shape index (κ1) is 18.1. The number of nitro benzene ring substituents is 2. The molecule has 0 heterocycles. The van der Waals surface area contributed by atoms with E-state index in [1.165, 1.54) is 48.5 Å². The van der Waals surface area contributed by atoms with Gasteiger partial charge in [-0.2, -0.15) is 5.26 Å². The number of carbonyl (C=O) groups excluding carboxylic acids is 1. The number of nitriles is 1. The number of amides is 1. The summed E-state index contributed by atoms with van der Waals surface area (Å²) in [7, 11) is 0. The van der Waals surface area contributed by atoms with Crippen LogP contribution in [0.1, 0.15) is 0 Å². The summed E-state index contributed by atoms with van der Waals surface area (Å²) in [6.07, 6.45) is 1.11. The van der Waals surface area contributed by atoms with Crippen molar-refractivity contribution in [1.82, 2.24) is 0 Å². The van der Waals surface area contributed by atoms with Crippen molar-refractivity contribution in [3.63, 3.8) is 0 Å². The van der Waals surface area contributed by atoms with Gasteiger partial charge in [0.2, 0.25) is 0 Å². The van der Waals surface area contributed by atoms with Crippen molar-refractivity contribution < 1.29 is 14.6 Å². The van der Waals surface area contributed by atoms with Gasteiger partial charge in [-0.1, -0.05) is 6.07 Å². The van der Waals surface area contributed by atoms with Crippen LogP contribution in [0, 0.1) is 31.6 Å². The van der Waals surface area contributed by atoms with E-state index in [1.807, 2.05) is 0 Å². The number of nitro groups is 2. The smallest absolute Gasteiger partial charge is 0.271 e.